The second kappa shape index (κ2) is 7.85. The number of para-hydroxylation sites is 1. The highest BCUT2D eigenvalue weighted by molar-refractivity contribution is 7.99. The van der Waals surface area contributed by atoms with Crippen molar-refractivity contribution in [2.24, 2.45) is 0 Å². The molecular formula is C22H20O3S. The first-order chi connectivity index (χ1) is 12.8. The Kier molecular flexibility index (Phi) is 5.14. The van der Waals surface area contributed by atoms with E-state index in [1.165, 1.54) is 0 Å². The number of ether oxygens (including phenoxy) is 3. The fourth-order valence-corrected chi connectivity index (χ4v) is 3.70. The summed E-state index contributed by atoms with van der Waals surface area (Å²) in [6.45, 7) is 3.13. The number of benzene rings is 3. The Morgan fingerprint density at radius 2 is 1.65 bits per heavy atom. The summed E-state index contributed by atoms with van der Waals surface area (Å²) in [5.41, 5.74) is 1.16. The number of hydrogen-bond acceptors (Lipinski definition) is 4. The minimum absolute atomic E-state index is 0.0414. The molecule has 0 aromatic heterocycles. The van der Waals surface area contributed by atoms with E-state index in [1.54, 1.807) is 11.8 Å². The monoisotopic (exact) mass is 364 g/mol. The lowest BCUT2D eigenvalue weighted by molar-refractivity contribution is 0.0492. The summed E-state index contributed by atoms with van der Waals surface area (Å²) in [6, 6.07) is 24.2. The summed E-state index contributed by atoms with van der Waals surface area (Å²) in [4.78, 5) is 2.24. The van der Waals surface area contributed by atoms with Crippen LogP contribution in [0.25, 0.3) is 0 Å². The SMILES string of the molecule is C[C@@H](COCc1ccccc1)Oc1ccc2c(c1)Oc1ccccc1S2. The third kappa shape index (κ3) is 4.03. The molecule has 3 aromatic rings. The van der Waals surface area contributed by atoms with Crippen molar-refractivity contribution in [1.29, 1.82) is 0 Å². The Bertz CT molecular complexity index is 880. The highest BCUT2D eigenvalue weighted by atomic mass is 32.2. The van der Waals surface area contributed by atoms with Crippen LogP contribution < -0.4 is 9.47 Å². The fourth-order valence-electron chi connectivity index (χ4n) is 2.76. The van der Waals surface area contributed by atoms with Crippen molar-refractivity contribution in [2.45, 2.75) is 29.4 Å². The van der Waals surface area contributed by atoms with Crippen LogP contribution >= 0.6 is 11.8 Å². The smallest absolute Gasteiger partial charge is 0.145 e. The second-order valence-electron chi connectivity index (χ2n) is 6.19. The van der Waals surface area contributed by atoms with Crippen LogP contribution in [0.5, 0.6) is 17.2 Å². The fraction of sp³-hybridized carbons (Fsp3) is 0.182. The molecule has 26 heavy (non-hydrogen) atoms. The van der Waals surface area contributed by atoms with Gasteiger partial charge in [-0.2, -0.15) is 0 Å². The molecule has 0 unspecified atom stereocenters. The van der Waals surface area contributed by atoms with Crippen LogP contribution in [0.2, 0.25) is 0 Å². The van der Waals surface area contributed by atoms with Gasteiger partial charge in [0, 0.05) is 6.07 Å². The van der Waals surface area contributed by atoms with Crippen molar-refractivity contribution in [3.63, 3.8) is 0 Å². The highest BCUT2D eigenvalue weighted by Crippen LogP contribution is 2.47. The van der Waals surface area contributed by atoms with Gasteiger partial charge in [0.25, 0.3) is 0 Å². The van der Waals surface area contributed by atoms with Crippen molar-refractivity contribution in [2.75, 3.05) is 6.61 Å². The van der Waals surface area contributed by atoms with Crippen molar-refractivity contribution in [3.8, 4) is 17.2 Å². The van der Waals surface area contributed by atoms with Gasteiger partial charge in [-0.3, -0.25) is 0 Å². The summed E-state index contributed by atoms with van der Waals surface area (Å²) >= 11 is 1.72. The second-order valence-corrected chi connectivity index (χ2v) is 7.27. The molecule has 0 fully saturated rings. The summed E-state index contributed by atoms with van der Waals surface area (Å²) in [7, 11) is 0. The normalized spacial score (nSPS) is 13.3. The lowest BCUT2D eigenvalue weighted by atomic mass is 10.2. The van der Waals surface area contributed by atoms with Gasteiger partial charge in [0.2, 0.25) is 0 Å². The average molecular weight is 364 g/mol. The molecule has 0 saturated heterocycles. The highest BCUT2D eigenvalue weighted by Gasteiger charge is 2.18. The molecular weight excluding hydrogens is 344 g/mol. The Morgan fingerprint density at radius 1 is 0.885 bits per heavy atom. The first kappa shape index (κ1) is 17.0. The molecule has 0 N–H and O–H groups in total. The van der Waals surface area contributed by atoms with E-state index in [2.05, 4.69) is 18.2 Å². The van der Waals surface area contributed by atoms with Crippen LogP contribution in [0.1, 0.15) is 12.5 Å². The largest absolute Gasteiger partial charge is 0.488 e. The Morgan fingerprint density at radius 3 is 2.54 bits per heavy atom. The van der Waals surface area contributed by atoms with Crippen molar-refractivity contribution >= 4 is 11.8 Å². The molecule has 3 aromatic carbocycles. The van der Waals surface area contributed by atoms with Crippen LogP contribution in [0.4, 0.5) is 0 Å². The maximum absolute atomic E-state index is 6.01. The molecule has 0 spiro atoms. The molecule has 0 aliphatic carbocycles. The Hall–Kier alpha value is -2.43. The molecule has 1 heterocycles. The van der Waals surface area contributed by atoms with Gasteiger partial charge in [-0.05, 0) is 36.8 Å². The van der Waals surface area contributed by atoms with E-state index in [1.807, 2.05) is 61.5 Å². The van der Waals surface area contributed by atoms with Gasteiger partial charge in [-0.1, -0.05) is 54.2 Å². The van der Waals surface area contributed by atoms with E-state index in [0.717, 1.165) is 32.6 Å². The predicted molar refractivity (Wildman–Crippen MR) is 103 cm³/mol. The minimum Gasteiger partial charge on any atom is -0.488 e. The van der Waals surface area contributed by atoms with E-state index in [4.69, 9.17) is 14.2 Å². The lowest BCUT2D eigenvalue weighted by Crippen LogP contribution is -2.19. The van der Waals surface area contributed by atoms with E-state index in [0.29, 0.717) is 13.2 Å². The van der Waals surface area contributed by atoms with Gasteiger partial charge in [0.1, 0.15) is 23.4 Å². The third-order valence-corrected chi connectivity index (χ3v) is 5.12. The zero-order valence-electron chi connectivity index (χ0n) is 14.6. The lowest BCUT2D eigenvalue weighted by Gasteiger charge is -2.21. The molecule has 0 bridgehead atoms. The van der Waals surface area contributed by atoms with E-state index >= 15 is 0 Å². The van der Waals surface area contributed by atoms with Crippen LogP contribution in [0.3, 0.4) is 0 Å². The van der Waals surface area contributed by atoms with Crippen molar-refractivity contribution in [3.05, 3.63) is 78.4 Å². The van der Waals surface area contributed by atoms with Crippen LogP contribution in [-0.2, 0) is 11.3 Å². The van der Waals surface area contributed by atoms with Crippen molar-refractivity contribution in [1.82, 2.24) is 0 Å². The molecule has 1 aliphatic rings. The van der Waals surface area contributed by atoms with Gasteiger partial charge in [0.15, 0.2) is 0 Å². The summed E-state index contributed by atoms with van der Waals surface area (Å²) in [5, 5.41) is 0. The molecule has 0 saturated carbocycles. The van der Waals surface area contributed by atoms with E-state index in [9.17, 15) is 0 Å². The summed E-state index contributed by atoms with van der Waals surface area (Å²) in [5.74, 6) is 2.52. The standard InChI is InChI=1S/C22H20O3S/c1-16(14-23-15-17-7-3-2-4-8-17)24-18-11-12-22-20(13-18)25-19-9-5-6-10-21(19)26-22/h2-13,16H,14-15H2,1H3/t16-/m0/s1. The third-order valence-electron chi connectivity index (χ3n) is 4.01. The molecule has 132 valence electrons. The predicted octanol–water partition coefficient (Wildman–Crippen LogP) is 5.93. The summed E-state index contributed by atoms with van der Waals surface area (Å²) in [6.07, 6.45) is -0.0414. The van der Waals surface area contributed by atoms with Gasteiger partial charge in [-0.15, -0.1) is 0 Å². The van der Waals surface area contributed by atoms with Gasteiger partial charge in [0.05, 0.1) is 23.0 Å². The number of fused-ring (bicyclic) bond motifs is 2. The molecule has 0 amide bonds. The minimum atomic E-state index is -0.0414. The molecule has 4 heteroatoms. The van der Waals surface area contributed by atoms with Crippen LogP contribution in [-0.4, -0.2) is 12.7 Å². The topological polar surface area (TPSA) is 27.7 Å². The van der Waals surface area contributed by atoms with Crippen LogP contribution in [0, 0.1) is 0 Å². The Labute approximate surface area is 157 Å². The molecule has 0 radical (unpaired) electrons. The van der Waals surface area contributed by atoms with Gasteiger partial charge < -0.3 is 14.2 Å². The molecule has 4 rings (SSSR count). The Balaban J connectivity index is 1.34. The average Bonchev–Trinajstić information content (AvgIpc) is 2.67. The number of rotatable bonds is 6. The van der Waals surface area contributed by atoms with Gasteiger partial charge in [-0.25, -0.2) is 0 Å². The molecule has 1 aliphatic heterocycles. The van der Waals surface area contributed by atoms with Crippen LogP contribution in [0.15, 0.2) is 82.6 Å². The first-order valence-electron chi connectivity index (χ1n) is 8.65. The maximum atomic E-state index is 6.01. The zero-order chi connectivity index (χ0) is 17.8. The maximum Gasteiger partial charge on any atom is 0.145 e. The van der Waals surface area contributed by atoms with Gasteiger partial charge >= 0.3 is 0 Å². The number of hydrogen-bond donors (Lipinski definition) is 0. The first-order valence-corrected chi connectivity index (χ1v) is 9.47. The molecule has 3 nitrogen and oxygen atoms in total. The van der Waals surface area contributed by atoms with Crippen molar-refractivity contribution < 1.29 is 14.2 Å². The van der Waals surface area contributed by atoms with E-state index in [-0.39, 0.29) is 6.10 Å². The quantitative estimate of drug-likeness (QED) is 0.424. The zero-order valence-corrected chi connectivity index (χ0v) is 15.4. The van der Waals surface area contributed by atoms with E-state index < -0.39 is 0 Å². The molecule has 1 atom stereocenters. The summed E-state index contributed by atoms with van der Waals surface area (Å²) < 4.78 is 17.8.